The molecular weight excluding hydrogens is 472 g/mol. The Morgan fingerprint density at radius 3 is 2.71 bits per heavy atom. The Hall–Kier alpha value is -4.36. The Labute approximate surface area is 191 Å². The second-order valence-electron chi connectivity index (χ2n) is 8.31. The molecule has 0 aromatic carbocycles. The van der Waals surface area contributed by atoms with Gasteiger partial charge in [-0.05, 0) is 36.0 Å². The molecule has 1 aliphatic rings. The van der Waals surface area contributed by atoms with Gasteiger partial charge in [-0.3, -0.25) is 14.5 Å². The van der Waals surface area contributed by atoms with Gasteiger partial charge in [0.05, 0.1) is 16.8 Å². The van der Waals surface area contributed by atoms with Crippen LogP contribution in [-0.2, 0) is 6.54 Å². The van der Waals surface area contributed by atoms with Gasteiger partial charge < -0.3 is 4.98 Å². The summed E-state index contributed by atoms with van der Waals surface area (Å²) < 4.78 is 54.9. The van der Waals surface area contributed by atoms with Crippen molar-refractivity contribution in [3.63, 3.8) is 0 Å². The first kappa shape index (κ1) is 21.2. The average Bonchev–Trinajstić information content (AvgIpc) is 3.34. The third-order valence-electron chi connectivity index (χ3n) is 6.00. The van der Waals surface area contributed by atoms with Gasteiger partial charge in [-0.2, -0.15) is 22.7 Å². The summed E-state index contributed by atoms with van der Waals surface area (Å²) in [5, 5.41) is 7.75. The second-order valence-corrected chi connectivity index (χ2v) is 8.31. The van der Waals surface area contributed by atoms with Crippen LogP contribution < -0.4 is 11.2 Å². The minimum atomic E-state index is -4.57. The lowest BCUT2D eigenvalue weighted by Crippen LogP contribution is -2.23. The molecule has 5 aromatic rings. The quantitative estimate of drug-likeness (QED) is 0.376. The predicted octanol–water partition coefficient (Wildman–Crippen LogP) is 2.49. The van der Waals surface area contributed by atoms with E-state index in [2.05, 4.69) is 30.1 Å². The van der Waals surface area contributed by atoms with Crippen LogP contribution in [0.15, 0.2) is 46.5 Å². The van der Waals surface area contributed by atoms with Crippen LogP contribution in [-0.4, -0.2) is 45.5 Å². The van der Waals surface area contributed by atoms with Crippen LogP contribution in [0, 0.1) is 5.95 Å². The summed E-state index contributed by atoms with van der Waals surface area (Å²) in [6.07, 6.45) is 1.95. The summed E-state index contributed by atoms with van der Waals surface area (Å²) in [5.41, 5.74) is 0.924. The molecule has 0 bridgehead atoms. The molecule has 6 rings (SSSR count). The molecule has 5 aromatic heterocycles. The molecule has 1 aliphatic carbocycles. The predicted molar refractivity (Wildman–Crippen MR) is 113 cm³/mol. The third kappa shape index (κ3) is 3.66. The van der Waals surface area contributed by atoms with Crippen LogP contribution in [0.2, 0.25) is 0 Å². The number of halogens is 4. The third-order valence-corrected chi connectivity index (χ3v) is 6.00. The van der Waals surface area contributed by atoms with Crippen LogP contribution in [0.4, 0.5) is 17.6 Å². The fraction of sp³-hybridized carbons (Fsp3) is 0.238. The zero-order chi connectivity index (χ0) is 24.5. The molecule has 0 aliphatic heterocycles. The zero-order valence-electron chi connectivity index (χ0n) is 17.5. The van der Waals surface area contributed by atoms with Crippen LogP contribution >= 0.6 is 0 Å². The average molecular weight is 486 g/mol. The lowest BCUT2D eigenvalue weighted by molar-refractivity contribution is -0.142. The number of aromatic amines is 2. The number of imidazole rings is 1. The standard InChI is InChI=1S/C21H14F4N8O2/c22-17-16-15(33(31-17)8-21(23,24)25)3-9(6-27-16)10-4-11(10)12-5-14(30-32-2-1-26-18(12)32)13-7-28-20(35)29-19(13)34/h1-3,5-7,10-11H,4,8H2,(H2,28,29,34,35)/t10-,11+/m1/s1. The van der Waals surface area contributed by atoms with Crippen molar-refractivity contribution < 1.29 is 17.6 Å². The molecule has 2 N–H and O–H groups in total. The largest absolute Gasteiger partial charge is 0.408 e. The number of aromatic nitrogens is 8. The molecule has 178 valence electrons. The summed E-state index contributed by atoms with van der Waals surface area (Å²) >= 11 is 0. The normalized spacial score (nSPS) is 17.9. The van der Waals surface area contributed by atoms with Gasteiger partial charge in [0.25, 0.3) is 11.5 Å². The van der Waals surface area contributed by atoms with E-state index in [0.29, 0.717) is 28.0 Å². The van der Waals surface area contributed by atoms with E-state index < -0.39 is 29.9 Å². The molecule has 5 heterocycles. The van der Waals surface area contributed by atoms with Crippen molar-refractivity contribution in [3.05, 3.63) is 74.8 Å². The second kappa shape index (κ2) is 7.32. The first-order valence-electron chi connectivity index (χ1n) is 10.4. The van der Waals surface area contributed by atoms with Crippen molar-refractivity contribution in [2.45, 2.75) is 31.0 Å². The minimum absolute atomic E-state index is 0.0378. The van der Waals surface area contributed by atoms with Crippen LogP contribution in [0.25, 0.3) is 27.9 Å². The van der Waals surface area contributed by atoms with Crippen molar-refractivity contribution in [2.24, 2.45) is 0 Å². The first-order chi connectivity index (χ1) is 16.7. The highest BCUT2D eigenvalue weighted by Crippen LogP contribution is 2.55. The van der Waals surface area contributed by atoms with Gasteiger partial charge in [-0.25, -0.2) is 19.3 Å². The van der Waals surface area contributed by atoms with Crippen molar-refractivity contribution in [1.29, 1.82) is 0 Å². The highest BCUT2D eigenvalue weighted by Gasteiger charge is 2.42. The van der Waals surface area contributed by atoms with E-state index in [1.807, 2.05) is 0 Å². The maximum Gasteiger partial charge on any atom is 0.408 e. The molecule has 0 amide bonds. The van der Waals surface area contributed by atoms with Gasteiger partial charge in [-0.15, -0.1) is 5.10 Å². The summed E-state index contributed by atoms with van der Waals surface area (Å²) in [5.74, 6) is -1.27. The Morgan fingerprint density at radius 1 is 1.11 bits per heavy atom. The summed E-state index contributed by atoms with van der Waals surface area (Å²) in [6, 6.07) is 3.18. The number of rotatable bonds is 4. The van der Waals surface area contributed by atoms with E-state index in [4.69, 9.17) is 0 Å². The number of hydrogen-bond acceptors (Lipinski definition) is 6. The Balaban J connectivity index is 1.40. The van der Waals surface area contributed by atoms with Crippen molar-refractivity contribution in [2.75, 3.05) is 0 Å². The van der Waals surface area contributed by atoms with Crippen LogP contribution in [0.1, 0.15) is 29.4 Å². The first-order valence-corrected chi connectivity index (χ1v) is 10.4. The maximum atomic E-state index is 14.0. The highest BCUT2D eigenvalue weighted by molar-refractivity contribution is 5.76. The molecule has 0 radical (unpaired) electrons. The minimum Gasteiger partial charge on any atom is -0.313 e. The van der Waals surface area contributed by atoms with E-state index in [-0.39, 0.29) is 28.4 Å². The maximum absolute atomic E-state index is 14.0. The topological polar surface area (TPSA) is 127 Å². The fourth-order valence-corrected chi connectivity index (χ4v) is 4.38. The lowest BCUT2D eigenvalue weighted by Gasteiger charge is -2.09. The van der Waals surface area contributed by atoms with E-state index in [0.717, 1.165) is 5.56 Å². The van der Waals surface area contributed by atoms with E-state index in [1.165, 1.54) is 23.0 Å². The molecule has 1 fully saturated rings. The van der Waals surface area contributed by atoms with Crippen molar-refractivity contribution in [1.82, 2.24) is 39.3 Å². The van der Waals surface area contributed by atoms with Crippen molar-refractivity contribution in [3.8, 4) is 11.3 Å². The molecule has 2 atom stereocenters. The number of pyridine rings is 1. The molecule has 1 saturated carbocycles. The van der Waals surface area contributed by atoms with Gasteiger partial charge in [0, 0.05) is 30.4 Å². The Bertz CT molecular complexity index is 1730. The SMILES string of the molecule is O=c1[nH]cc(-c2cc([C@H]3C[C@@H]3c3cnc4c(F)nn(CC(F)(F)F)c4c3)c3nccn3n2)c(=O)[nH]1. The fourth-order valence-electron chi connectivity index (χ4n) is 4.38. The van der Waals surface area contributed by atoms with E-state index in [9.17, 15) is 27.2 Å². The zero-order valence-corrected chi connectivity index (χ0v) is 17.5. The number of hydrogen-bond donors (Lipinski definition) is 2. The van der Waals surface area contributed by atoms with Gasteiger partial charge in [0.1, 0.15) is 12.1 Å². The number of nitrogens with one attached hydrogen (secondary N) is 2. The van der Waals surface area contributed by atoms with Gasteiger partial charge in [0.15, 0.2) is 5.65 Å². The molecule has 0 saturated heterocycles. The number of nitrogens with zero attached hydrogens (tertiary/aromatic N) is 6. The monoisotopic (exact) mass is 486 g/mol. The van der Waals surface area contributed by atoms with Gasteiger partial charge in [0.2, 0.25) is 0 Å². The van der Waals surface area contributed by atoms with Crippen LogP contribution in [0.3, 0.4) is 0 Å². The highest BCUT2D eigenvalue weighted by atomic mass is 19.4. The molecule has 10 nitrogen and oxygen atoms in total. The lowest BCUT2D eigenvalue weighted by atomic mass is 10.0. The van der Waals surface area contributed by atoms with Gasteiger partial charge in [-0.1, -0.05) is 0 Å². The summed E-state index contributed by atoms with van der Waals surface area (Å²) in [4.78, 5) is 36.6. The Morgan fingerprint density at radius 2 is 1.94 bits per heavy atom. The Kier molecular flexibility index (Phi) is 4.43. The van der Waals surface area contributed by atoms with Gasteiger partial charge >= 0.3 is 11.9 Å². The number of H-pyrrole nitrogens is 2. The summed E-state index contributed by atoms with van der Waals surface area (Å²) in [7, 11) is 0. The van der Waals surface area contributed by atoms with E-state index >= 15 is 0 Å². The number of alkyl halides is 3. The van der Waals surface area contributed by atoms with E-state index in [1.54, 1.807) is 18.5 Å². The smallest absolute Gasteiger partial charge is 0.313 e. The van der Waals surface area contributed by atoms with Crippen molar-refractivity contribution >= 4 is 16.7 Å². The molecule has 14 heteroatoms. The van der Waals surface area contributed by atoms with Crippen LogP contribution in [0.5, 0.6) is 0 Å². The molecule has 0 unspecified atom stereocenters. The number of fused-ring (bicyclic) bond motifs is 2. The molecule has 0 spiro atoms. The molecule has 35 heavy (non-hydrogen) atoms. The summed E-state index contributed by atoms with van der Waals surface area (Å²) in [6.45, 7) is -1.43. The molecular formula is C21H14F4N8O2.